The van der Waals surface area contributed by atoms with Gasteiger partial charge in [-0.05, 0) is 37.4 Å². The third kappa shape index (κ3) is 3.80. The lowest BCUT2D eigenvalue weighted by Crippen LogP contribution is -2.46. The van der Waals surface area contributed by atoms with Crippen LogP contribution in [-0.4, -0.2) is 49.4 Å². The molecule has 5 nitrogen and oxygen atoms in total. The van der Waals surface area contributed by atoms with Crippen molar-refractivity contribution in [3.8, 4) is 0 Å². The van der Waals surface area contributed by atoms with E-state index in [1.807, 2.05) is 54.4 Å². The third-order valence-corrected chi connectivity index (χ3v) is 5.74. The van der Waals surface area contributed by atoms with Gasteiger partial charge in [-0.15, -0.1) is 12.4 Å². The molecule has 6 heteroatoms. The van der Waals surface area contributed by atoms with Crippen molar-refractivity contribution in [1.82, 2.24) is 10.2 Å². The second kappa shape index (κ2) is 8.28. The molecule has 0 bridgehead atoms. The van der Waals surface area contributed by atoms with Gasteiger partial charge in [0, 0.05) is 31.4 Å². The SMILES string of the molecule is CN(C(=O)C1CC(=O)N(c2cccc3ccccc23)C1)C1CCNCC1.Cl. The van der Waals surface area contributed by atoms with Gasteiger partial charge in [0.1, 0.15) is 0 Å². The van der Waals surface area contributed by atoms with E-state index in [-0.39, 0.29) is 36.2 Å². The number of piperidine rings is 1. The quantitative estimate of drug-likeness (QED) is 0.881. The second-order valence-electron chi connectivity index (χ2n) is 7.33. The van der Waals surface area contributed by atoms with Crippen molar-refractivity contribution in [3.05, 3.63) is 42.5 Å². The van der Waals surface area contributed by atoms with E-state index in [9.17, 15) is 9.59 Å². The van der Waals surface area contributed by atoms with Crippen molar-refractivity contribution in [3.63, 3.8) is 0 Å². The molecule has 0 aromatic heterocycles. The van der Waals surface area contributed by atoms with E-state index in [0.29, 0.717) is 13.0 Å². The average Bonchev–Trinajstić information content (AvgIpc) is 3.08. The number of benzene rings is 2. The van der Waals surface area contributed by atoms with Crippen molar-refractivity contribution in [2.24, 2.45) is 5.92 Å². The van der Waals surface area contributed by atoms with Crippen LogP contribution in [0.3, 0.4) is 0 Å². The van der Waals surface area contributed by atoms with Crippen LogP contribution >= 0.6 is 12.4 Å². The number of nitrogens with zero attached hydrogens (tertiary/aromatic N) is 2. The summed E-state index contributed by atoms with van der Waals surface area (Å²) in [6.07, 6.45) is 2.27. The molecule has 2 aromatic rings. The Labute approximate surface area is 166 Å². The largest absolute Gasteiger partial charge is 0.342 e. The van der Waals surface area contributed by atoms with Crippen LogP contribution in [-0.2, 0) is 9.59 Å². The Balaban J connectivity index is 0.00000210. The van der Waals surface area contributed by atoms with Crippen LogP contribution in [0.15, 0.2) is 42.5 Å². The zero-order valence-electron chi connectivity index (χ0n) is 15.6. The standard InChI is InChI=1S/C21H25N3O2.ClH/c1-23(17-9-11-22-12-10-17)21(26)16-13-20(25)24(14-16)19-8-4-6-15-5-2-3-7-18(15)19;/h2-8,16-17,22H,9-14H2,1H3;1H. The van der Waals surface area contributed by atoms with Gasteiger partial charge < -0.3 is 15.1 Å². The summed E-state index contributed by atoms with van der Waals surface area (Å²) in [7, 11) is 1.89. The molecule has 4 rings (SSSR count). The van der Waals surface area contributed by atoms with Gasteiger partial charge in [-0.25, -0.2) is 0 Å². The Bertz CT molecular complexity index is 830. The summed E-state index contributed by atoms with van der Waals surface area (Å²) >= 11 is 0. The normalized spacial score (nSPS) is 20.6. The highest BCUT2D eigenvalue weighted by molar-refractivity contribution is 6.07. The molecule has 0 spiro atoms. The van der Waals surface area contributed by atoms with Gasteiger partial charge in [0.15, 0.2) is 0 Å². The monoisotopic (exact) mass is 387 g/mol. The summed E-state index contributed by atoms with van der Waals surface area (Å²) in [5, 5.41) is 5.50. The van der Waals surface area contributed by atoms with Gasteiger partial charge in [-0.1, -0.05) is 36.4 Å². The van der Waals surface area contributed by atoms with E-state index >= 15 is 0 Å². The van der Waals surface area contributed by atoms with Crippen molar-refractivity contribution in [1.29, 1.82) is 0 Å². The van der Waals surface area contributed by atoms with E-state index in [2.05, 4.69) is 5.32 Å². The fraction of sp³-hybridized carbons (Fsp3) is 0.429. The lowest BCUT2D eigenvalue weighted by Gasteiger charge is -2.33. The summed E-state index contributed by atoms with van der Waals surface area (Å²) in [6, 6.07) is 14.3. The first-order valence-electron chi connectivity index (χ1n) is 9.40. The number of carbonyl (C=O) groups is 2. The first kappa shape index (κ1) is 19.6. The minimum atomic E-state index is -0.249. The molecule has 2 amide bonds. The maximum Gasteiger partial charge on any atom is 0.228 e. The fourth-order valence-electron chi connectivity index (χ4n) is 4.21. The Morgan fingerprint density at radius 3 is 2.59 bits per heavy atom. The smallest absolute Gasteiger partial charge is 0.228 e. The molecule has 2 aliphatic rings. The van der Waals surface area contributed by atoms with Crippen molar-refractivity contribution >= 4 is 40.7 Å². The number of fused-ring (bicyclic) bond motifs is 1. The Morgan fingerprint density at radius 1 is 1.11 bits per heavy atom. The number of anilines is 1. The molecule has 0 saturated carbocycles. The molecular formula is C21H26ClN3O2. The predicted molar refractivity (Wildman–Crippen MR) is 110 cm³/mol. The van der Waals surface area contributed by atoms with E-state index < -0.39 is 0 Å². The predicted octanol–water partition coefficient (Wildman–Crippen LogP) is 2.82. The van der Waals surface area contributed by atoms with Gasteiger partial charge in [0.05, 0.1) is 11.6 Å². The van der Waals surface area contributed by atoms with Crippen LogP contribution in [0.25, 0.3) is 10.8 Å². The topological polar surface area (TPSA) is 52.7 Å². The highest BCUT2D eigenvalue weighted by Crippen LogP contribution is 2.32. The van der Waals surface area contributed by atoms with Crippen LogP contribution in [0.1, 0.15) is 19.3 Å². The van der Waals surface area contributed by atoms with Crippen LogP contribution in [0, 0.1) is 5.92 Å². The highest BCUT2D eigenvalue weighted by atomic mass is 35.5. The van der Waals surface area contributed by atoms with Gasteiger partial charge in [0.2, 0.25) is 11.8 Å². The molecule has 2 aromatic carbocycles. The van der Waals surface area contributed by atoms with Crippen molar-refractivity contribution < 1.29 is 9.59 Å². The number of hydrogen-bond acceptors (Lipinski definition) is 3. The zero-order valence-corrected chi connectivity index (χ0v) is 16.4. The van der Waals surface area contributed by atoms with Crippen LogP contribution in [0.5, 0.6) is 0 Å². The number of rotatable bonds is 3. The Kier molecular flexibility index (Phi) is 6.02. The number of amides is 2. The maximum absolute atomic E-state index is 13.0. The first-order valence-corrected chi connectivity index (χ1v) is 9.40. The average molecular weight is 388 g/mol. The van der Waals surface area contributed by atoms with E-state index in [1.165, 1.54) is 0 Å². The first-order chi connectivity index (χ1) is 12.6. The van der Waals surface area contributed by atoms with Crippen LogP contribution in [0.2, 0.25) is 0 Å². The lowest BCUT2D eigenvalue weighted by atomic mass is 10.0. The number of carbonyl (C=O) groups excluding carboxylic acids is 2. The molecule has 0 radical (unpaired) electrons. The molecule has 1 N–H and O–H groups in total. The highest BCUT2D eigenvalue weighted by Gasteiger charge is 2.38. The van der Waals surface area contributed by atoms with Crippen molar-refractivity contribution in [2.75, 3.05) is 31.6 Å². The minimum Gasteiger partial charge on any atom is -0.342 e. The van der Waals surface area contributed by atoms with E-state index in [4.69, 9.17) is 0 Å². The van der Waals surface area contributed by atoms with E-state index in [0.717, 1.165) is 42.4 Å². The van der Waals surface area contributed by atoms with Gasteiger partial charge in [-0.2, -0.15) is 0 Å². The molecule has 0 aliphatic carbocycles. The molecular weight excluding hydrogens is 362 g/mol. The molecule has 2 aliphatic heterocycles. The molecule has 27 heavy (non-hydrogen) atoms. The van der Waals surface area contributed by atoms with Crippen molar-refractivity contribution in [2.45, 2.75) is 25.3 Å². The number of hydrogen-bond donors (Lipinski definition) is 1. The molecule has 1 atom stereocenters. The number of nitrogens with one attached hydrogen (secondary N) is 1. The van der Waals surface area contributed by atoms with Crippen LogP contribution in [0.4, 0.5) is 5.69 Å². The summed E-state index contributed by atoms with van der Waals surface area (Å²) in [5.74, 6) is -0.104. The maximum atomic E-state index is 13.0. The molecule has 144 valence electrons. The summed E-state index contributed by atoms with van der Waals surface area (Å²) < 4.78 is 0. The van der Waals surface area contributed by atoms with Gasteiger partial charge in [0.25, 0.3) is 0 Å². The summed E-state index contributed by atoms with van der Waals surface area (Å²) in [5.41, 5.74) is 0.910. The lowest BCUT2D eigenvalue weighted by molar-refractivity contribution is -0.137. The van der Waals surface area contributed by atoms with Gasteiger partial charge in [-0.3, -0.25) is 9.59 Å². The zero-order chi connectivity index (χ0) is 18.1. The Hall–Kier alpha value is -2.11. The molecule has 2 saturated heterocycles. The summed E-state index contributed by atoms with van der Waals surface area (Å²) in [4.78, 5) is 29.3. The third-order valence-electron chi connectivity index (χ3n) is 5.74. The van der Waals surface area contributed by atoms with Crippen LogP contribution < -0.4 is 10.2 Å². The van der Waals surface area contributed by atoms with E-state index in [1.54, 1.807) is 4.90 Å². The summed E-state index contributed by atoms with van der Waals surface area (Å²) in [6.45, 7) is 2.38. The minimum absolute atomic E-state index is 0. The molecule has 2 fully saturated rings. The number of halogens is 1. The fourth-order valence-corrected chi connectivity index (χ4v) is 4.21. The second-order valence-corrected chi connectivity index (χ2v) is 7.33. The molecule has 2 heterocycles. The van der Waals surface area contributed by atoms with Gasteiger partial charge >= 0.3 is 0 Å². The Morgan fingerprint density at radius 2 is 1.81 bits per heavy atom. The molecule has 1 unspecified atom stereocenters.